The first kappa shape index (κ1) is 16.4. The number of rotatable bonds is 5. The number of carboxylic acids is 1. The highest BCUT2D eigenvalue weighted by molar-refractivity contribution is 5.79. The minimum Gasteiger partial charge on any atom is -0.480 e. The lowest BCUT2D eigenvalue weighted by molar-refractivity contribution is -0.138. The summed E-state index contributed by atoms with van der Waals surface area (Å²) in [6.45, 7) is 0.150. The van der Waals surface area contributed by atoms with Gasteiger partial charge in [0, 0.05) is 13.1 Å². The number of β-amino-alcohol motifs (C(OH)–C–C–N with tert-alkyl or cyclic N) is 1. The van der Waals surface area contributed by atoms with Gasteiger partial charge in [0.25, 0.3) is 0 Å². The summed E-state index contributed by atoms with van der Waals surface area (Å²) < 4.78 is 13.6. The molecule has 6 nitrogen and oxygen atoms in total. The fraction of sp³-hybridized carbons (Fsp3) is 0.467. The molecule has 2 N–H and O–H groups in total. The third kappa shape index (κ3) is 3.80. The number of carboxylic acid groups (broad SMARTS) is 1. The molecule has 120 valence electrons. The maximum absolute atomic E-state index is 13.6. The SMILES string of the molecule is CN(CC(=O)O)[C@@H]1CN(C(=O)Cc2ccccc2F)C[C@H]1O. The molecule has 22 heavy (non-hydrogen) atoms. The largest absolute Gasteiger partial charge is 0.480 e. The Bertz CT molecular complexity index is 566. The van der Waals surface area contributed by atoms with Gasteiger partial charge in [0.1, 0.15) is 5.82 Å². The second-order valence-corrected chi connectivity index (χ2v) is 5.51. The van der Waals surface area contributed by atoms with Gasteiger partial charge in [-0.05, 0) is 18.7 Å². The predicted octanol–water partition coefficient (Wildman–Crippen LogP) is -0.0437. The Morgan fingerprint density at radius 2 is 2.05 bits per heavy atom. The molecule has 0 saturated carbocycles. The fourth-order valence-corrected chi connectivity index (χ4v) is 2.65. The quantitative estimate of drug-likeness (QED) is 0.797. The van der Waals surface area contributed by atoms with Crippen molar-refractivity contribution in [3.05, 3.63) is 35.6 Å². The second-order valence-electron chi connectivity index (χ2n) is 5.51. The van der Waals surface area contributed by atoms with Gasteiger partial charge >= 0.3 is 5.97 Å². The summed E-state index contributed by atoms with van der Waals surface area (Å²) in [6.07, 6.45) is -0.886. The monoisotopic (exact) mass is 310 g/mol. The number of hydrogen-bond donors (Lipinski definition) is 2. The van der Waals surface area contributed by atoms with Gasteiger partial charge in [0.15, 0.2) is 0 Å². The average molecular weight is 310 g/mol. The van der Waals surface area contributed by atoms with Crippen LogP contribution in [0.25, 0.3) is 0 Å². The van der Waals surface area contributed by atoms with E-state index >= 15 is 0 Å². The molecular weight excluding hydrogens is 291 g/mol. The van der Waals surface area contributed by atoms with Crippen LogP contribution in [0.3, 0.4) is 0 Å². The molecule has 2 atom stereocenters. The van der Waals surface area contributed by atoms with E-state index in [9.17, 15) is 19.1 Å². The highest BCUT2D eigenvalue weighted by atomic mass is 19.1. The molecule has 1 amide bonds. The van der Waals surface area contributed by atoms with E-state index in [2.05, 4.69) is 0 Å². The first-order valence-electron chi connectivity index (χ1n) is 6.99. The van der Waals surface area contributed by atoms with Crippen molar-refractivity contribution in [1.82, 2.24) is 9.80 Å². The minimum atomic E-state index is -0.995. The van der Waals surface area contributed by atoms with Crippen molar-refractivity contribution in [2.45, 2.75) is 18.6 Å². The van der Waals surface area contributed by atoms with Crippen molar-refractivity contribution in [3.63, 3.8) is 0 Å². The van der Waals surface area contributed by atoms with Crippen molar-refractivity contribution in [3.8, 4) is 0 Å². The molecule has 0 spiro atoms. The smallest absolute Gasteiger partial charge is 0.317 e. The molecule has 1 heterocycles. The highest BCUT2D eigenvalue weighted by Crippen LogP contribution is 2.17. The molecule has 1 aliphatic heterocycles. The molecule has 1 aromatic carbocycles. The van der Waals surface area contributed by atoms with Gasteiger partial charge in [-0.25, -0.2) is 4.39 Å². The normalized spacial score (nSPS) is 21.4. The number of benzene rings is 1. The number of aliphatic carboxylic acids is 1. The Hall–Kier alpha value is -1.99. The average Bonchev–Trinajstić information content (AvgIpc) is 2.83. The lowest BCUT2D eigenvalue weighted by Gasteiger charge is -2.24. The maximum Gasteiger partial charge on any atom is 0.317 e. The lowest BCUT2D eigenvalue weighted by atomic mass is 10.1. The summed E-state index contributed by atoms with van der Waals surface area (Å²) in [7, 11) is 1.59. The standard InChI is InChI=1S/C15H19FN2O4/c1-17(9-15(21)22)12-7-18(8-13(12)19)14(20)6-10-4-2-3-5-11(10)16/h2-5,12-13,19H,6-9H2,1H3,(H,21,22)/t12-,13-/m1/s1. The summed E-state index contributed by atoms with van der Waals surface area (Å²) >= 11 is 0. The molecular formula is C15H19FN2O4. The van der Waals surface area contributed by atoms with Crippen LogP contribution in [0.1, 0.15) is 5.56 Å². The van der Waals surface area contributed by atoms with Crippen molar-refractivity contribution < 1.29 is 24.2 Å². The minimum absolute atomic E-state index is 0.0746. The molecule has 1 aromatic rings. The topological polar surface area (TPSA) is 81.1 Å². The van der Waals surface area contributed by atoms with E-state index in [4.69, 9.17) is 5.11 Å². The van der Waals surface area contributed by atoms with Crippen LogP contribution in [0.2, 0.25) is 0 Å². The Kier molecular flexibility index (Phi) is 5.10. The number of likely N-dealkylation sites (tertiary alicyclic amines) is 1. The van der Waals surface area contributed by atoms with Crippen molar-refractivity contribution in [2.24, 2.45) is 0 Å². The van der Waals surface area contributed by atoms with E-state index in [1.807, 2.05) is 0 Å². The molecule has 0 aliphatic carbocycles. The van der Waals surface area contributed by atoms with E-state index in [0.29, 0.717) is 5.56 Å². The number of likely N-dealkylation sites (N-methyl/N-ethyl adjacent to an activating group) is 1. The molecule has 0 radical (unpaired) electrons. The van der Waals surface area contributed by atoms with Gasteiger partial charge in [-0.3, -0.25) is 14.5 Å². The zero-order valence-electron chi connectivity index (χ0n) is 12.3. The predicted molar refractivity (Wildman–Crippen MR) is 76.7 cm³/mol. The molecule has 7 heteroatoms. The zero-order valence-corrected chi connectivity index (χ0v) is 12.3. The van der Waals surface area contributed by atoms with Crippen LogP contribution < -0.4 is 0 Å². The van der Waals surface area contributed by atoms with Crippen LogP contribution in [0.5, 0.6) is 0 Å². The number of amides is 1. The van der Waals surface area contributed by atoms with Crippen LogP contribution in [0.4, 0.5) is 4.39 Å². The Balaban J connectivity index is 1.98. The van der Waals surface area contributed by atoms with Gasteiger partial charge < -0.3 is 15.1 Å². The molecule has 0 unspecified atom stereocenters. The van der Waals surface area contributed by atoms with E-state index in [-0.39, 0.29) is 32.0 Å². The number of nitrogens with zero attached hydrogens (tertiary/aromatic N) is 2. The number of carbonyl (C=O) groups excluding carboxylic acids is 1. The first-order chi connectivity index (χ1) is 10.4. The van der Waals surface area contributed by atoms with Crippen LogP contribution in [0, 0.1) is 5.82 Å². The number of halogens is 1. The lowest BCUT2D eigenvalue weighted by Crippen LogP contribution is -2.43. The second kappa shape index (κ2) is 6.85. The third-order valence-electron chi connectivity index (χ3n) is 3.86. The van der Waals surface area contributed by atoms with Gasteiger partial charge in [-0.1, -0.05) is 18.2 Å². The molecule has 1 fully saturated rings. The summed E-state index contributed by atoms with van der Waals surface area (Å²) in [4.78, 5) is 25.9. The van der Waals surface area contributed by atoms with Crippen molar-refractivity contribution in [1.29, 1.82) is 0 Å². The summed E-state index contributed by atoms with van der Waals surface area (Å²) in [6, 6.07) is 5.63. The van der Waals surface area contributed by atoms with Crippen molar-refractivity contribution >= 4 is 11.9 Å². The molecule has 2 rings (SSSR count). The van der Waals surface area contributed by atoms with E-state index in [1.165, 1.54) is 15.9 Å². The van der Waals surface area contributed by atoms with Crippen LogP contribution >= 0.6 is 0 Å². The number of aliphatic hydroxyl groups is 1. The summed E-state index contributed by atoms with van der Waals surface area (Å²) in [5, 5.41) is 18.8. The molecule has 1 aliphatic rings. The molecule has 0 bridgehead atoms. The van der Waals surface area contributed by atoms with E-state index < -0.39 is 23.9 Å². The van der Waals surface area contributed by atoms with Crippen molar-refractivity contribution in [2.75, 3.05) is 26.7 Å². The zero-order chi connectivity index (χ0) is 16.3. The van der Waals surface area contributed by atoms with E-state index in [0.717, 1.165) is 0 Å². The Morgan fingerprint density at radius 1 is 1.36 bits per heavy atom. The first-order valence-corrected chi connectivity index (χ1v) is 6.99. The fourth-order valence-electron chi connectivity index (χ4n) is 2.65. The van der Waals surface area contributed by atoms with E-state index in [1.54, 1.807) is 25.2 Å². The van der Waals surface area contributed by atoms with Crippen LogP contribution in [-0.2, 0) is 16.0 Å². The third-order valence-corrected chi connectivity index (χ3v) is 3.86. The summed E-state index contributed by atoms with van der Waals surface area (Å²) in [5.74, 6) is -1.71. The maximum atomic E-state index is 13.6. The molecule has 0 aromatic heterocycles. The highest BCUT2D eigenvalue weighted by Gasteiger charge is 2.36. The molecule has 1 saturated heterocycles. The van der Waals surface area contributed by atoms with Crippen LogP contribution in [0.15, 0.2) is 24.3 Å². The Labute approximate surface area is 127 Å². The number of carbonyl (C=O) groups is 2. The Morgan fingerprint density at radius 3 is 2.68 bits per heavy atom. The number of hydrogen-bond acceptors (Lipinski definition) is 4. The van der Waals surface area contributed by atoms with Gasteiger partial charge in [0.05, 0.1) is 25.1 Å². The van der Waals surface area contributed by atoms with Gasteiger partial charge in [-0.2, -0.15) is 0 Å². The van der Waals surface area contributed by atoms with Crippen LogP contribution in [-0.4, -0.2) is 70.7 Å². The van der Waals surface area contributed by atoms with Gasteiger partial charge in [0.2, 0.25) is 5.91 Å². The summed E-state index contributed by atoms with van der Waals surface area (Å²) in [5.41, 5.74) is 0.310. The van der Waals surface area contributed by atoms with Gasteiger partial charge in [-0.15, -0.1) is 0 Å². The number of aliphatic hydroxyl groups excluding tert-OH is 1.